The van der Waals surface area contributed by atoms with E-state index in [0.717, 1.165) is 0 Å². The minimum absolute atomic E-state index is 0.0372. The van der Waals surface area contributed by atoms with Gasteiger partial charge >= 0.3 is 11.7 Å². The first-order valence-corrected chi connectivity index (χ1v) is 7.06. The standard InChI is InChI=1S/C14H19N3O6/c1-2-22-9-5-8-15-14(19)16-13(18)10-23-12-7-4-3-6-11(12)17(20)21/h3-4,6-7H,2,5,8-10H2,1H3,(H2,15,16,18,19). The number of nitrogens with zero attached hydrogens (tertiary/aromatic N) is 1. The SMILES string of the molecule is CCOCCCNC(=O)NC(=O)COc1ccccc1[N+](=O)[O-]. The molecule has 1 aromatic carbocycles. The van der Waals surface area contributed by atoms with E-state index in [4.69, 9.17) is 9.47 Å². The largest absolute Gasteiger partial charge is 0.477 e. The highest BCUT2D eigenvalue weighted by Gasteiger charge is 2.15. The number of nitro benzene ring substituents is 1. The number of amides is 3. The van der Waals surface area contributed by atoms with Crippen molar-refractivity contribution in [3.05, 3.63) is 34.4 Å². The topological polar surface area (TPSA) is 120 Å². The smallest absolute Gasteiger partial charge is 0.321 e. The predicted octanol–water partition coefficient (Wildman–Crippen LogP) is 1.23. The summed E-state index contributed by atoms with van der Waals surface area (Å²) in [5.41, 5.74) is -0.249. The molecular formula is C14H19N3O6. The lowest BCUT2D eigenvalue weighted by Crippen LogP contribution is -2.42. The predicted molar refractivity (Wildman–Crippen MR) is 81.2 cm³/mol. The van der Waals surface area contributed by atoms with Crippen molar-refractivity contribution >= 4 is 17.6 Å². The van der Waals surface area contributed by atoms with Gasteiger partial charge in [-0.25, -0.2) is 4.79 Å². The third-order valence-corrected chi connectivity index (χ3v) is 2.63. The molecular weight excluding hydrogens is 306 g/mol. The van der Waals surface area contributed by atoms with Crippen molar-refractivity contribution in [1.29, 1.82) is 0 Å². The summed E-state index contributed by atoms with van der Waals surface area (Å²) in [7, 11) is 0. The van der Waals surface area contributed by atoms with Crippen LogP contribution >= 0.6 is 0 Å². The first kappa shape index (κ1) is 18.4. The van der Waals surface area contributed by atoms with Crippen LogP contribution in [0.2, 0.25) is 0 Å². The number of hydrogen-bond donors (Lipinski definition) is 2. The highest BCUT2D eigenvalue weighted by molar-refractivity contribution is 5.95. The lowest BCUT2D eigenvalue weighted by atomic mass is 10.3. The first-order valence-electron chi connectivity index (χ1n) is 7.06. The maximum atomic E-state index is 11.6. The summed E-state index contributed by atoms with van der Waals surface area (Å²) in [6.07, 6.45) is 0.627. The molecule has 3 amide bonds. The monoisotopic (exact) mass is 325 g/mol. The van der Waals surface area contributed by atoms with Crippen LogP contribution in [0.15, 0.2) is 24.3 Å². The molecule has 0 aromatic heterocycles. The Balaban J connectivity index is 2.32. The third-order valence-electron chi connectivity index (χ3n) is 2.63. The van der Waals surface area contributed by atoms with Crippen molar-refractivity contribution in [2.75, 3.05) is 26.4 Å². The van der Waals surface area contributed by atoms with Crippen LogP contribution in [0, 0.1) is 10.1 Å². The van der Waals surface area contributed by atoms with Gasteiger partial charge in [0.15, 0.2) is 12.4 Å². The van der Waals surface area contributed by atoms with E-state index in [-0.39, 0.29) is 11.4 Å². The molecule has 0 aliphatic heterocycles. The van der Waals surface area contributed by atoms with Crippen LogP contribution < -0.4 is 15.4 Å². The van der Waals surface area contributed by atoms with E-state index in [9.17, 15) is 19.7 Å². The summed E-state index contributed by atoms with van der Waals surface area (Å²) < 4.78 is 10.2. The van der Waals surface area contributed by atoms with Gasteiger partial charge in [-0.2, -0.15) is 0 Å². The molecule has 0 spiro atoms. The number of carbonyl (C=O) groups is 2. The molecule has 0 radical (unpaired) electrons. The van der Waals surface area contributed by atoms with Crippen LogP contribution in [-0.2, 0) is 9.53 Å². The van der Waals surface area contributed by atoms with E-state index < -0.39 is 23.5 Å². The van der Waals surface area contributed by atoms with Crippen LogP contribution in [0.3, 0.4) is 0 Å². The molecule has 1 rings (SSSR count). The number of nitro groups is 1. The number of nitrogens with one attached hydrogen (secondary N) is 2. The normalized spacial score (nSPS) is 9.96. The molecule has 0 aliphatic carbocycles. The van der Waals surface area contributed by atoms with Crippen molar-refractivity contribution in [3.63, 3.8) is 0 Å². The molecule has 0 saturated heterocycles. The average molecular weight is 325 g/mol. The Kier molecular flexibility index (Phi) is 8.08. The lowest BCUT2D eigenvalue weighted by Gasteiger charge is -2.08. The van der Waals surface area contributed by atoms with E-state index in [1.807, 2.05) is 6.92 Å². The van der Waals surface area contributed by atoms with E-state index in [1.165, 1.54) is 18.2 Å². The van der Waals surface area contributed by atoms with Crippen molar-refractivity contribution in [1.82, 2.24) is 10.6 Å². The molecule has 0 atom stereocenters. The molecule has 0 saturated carbocycles. The van der Waals surface area contributed by atoms with Gasteiger partial charge in [0, 0.05) is 25.8 Å². The number of benzene rings is 1. The van der Waals surface area contributed by atoms with Gasteiger partial charge in [-0.3, -0.25) is 20.2 Å². The van der Waals surface area contributed by atoms with Gasteiger partial charge in [0.05, 0.1) is 4.92 Å². The zero-order chi connectivity index (χ0) is 17.1. The van der Waals surface area contributed by atoms with Gasteiger partial charge in [-0.05, 0) is 19.4 Å². The molecule has 1 aromatic rings. The van der Waals surface area contributed by atoms with Crippen LogP contribution in [0.4, 0.5) is 10.5 Å². The Morgan fingerprint density at radius 2 is 2.04 bits per heavy atom. The highest BCUT2D eigenvalue weighted by Crippen LogP contribution is 2.25. The van der Waals surface area contributed by atoms with Crippen LogP contribution in [0.25, 0.3) is 0 Å². The minimum atomic E-state index is -0.703. The molecule has 9 heteroatoms. The van der Waals surface area contributed by atoms with Crippen LogP contribution in [0.1, 0.15) is 13.3 Å². The summed E-state index contributed by atoms with van der Waals surface area (Å²) >= 11 is 0. The second-order valence-electron chi connectivity index (χ2n) is 4.37. The van der Waals surface area contributed by atoms with Gasteiger partial charge in [0.2, 0.25) is 0 Å². The molecule has 0 unspecified atom stereocenters. The number of imide groups is 1. The number of urea groups is 1. The number of rotatable bonds is 9. The van der Waals surface area contributed by atoms with Gasteiger partial charge in [0.25, 0.3) is 5.91 Å². The highest BCUT2D eigenvalue weighted by atomic mass is 16.6. The minimum Gasteiger partial charge on any atom is -0.477 e. The Bertz CT molecular complexity index is 549. The van der Waals surface area contributed by atoms with Gasteiger partial charge in [-0.15, -0.1) is 0 Å². The molecule has 126 valence electrons. The van der Waals surface area contributed by atoms with E-state index in [1.54, 1.807) is 6.07 Å². The van der Waals surface area contributed by atoms with E-state index >= 15 is 0 Å². The summed E-state index contributed by atoms with van der Waals surface area (Å²) in [5.74, 6) is -0.741. The summed E-state index contributed by atoms with van der Waals surface area (Å²) in [5, 5.41) is 15.3. The first-order chi connectivity index (χ1) is 11.0. The summed E-state index contributed by atoms with van der Waals surface area (Å²) in [6, 6.07) is 5.02. The quantitative estimate of drug-likeness (QED) is 0.400. The zero-order valence-corrected chi connectivity index (χ0v) is 12.7. The molecule has 23 heavy (non-hydrogen) atoms. The molecule has 0 aliphatic rings. The maximum absolute atomic E-state index is 11.6. The molecule has 2 N–H and O–H groups in total. The average Bonchev–Trinajstić information content (AvgIpc) is 2.53. The molecule has 0 fully saturated rings. The number of para-hydroxylation sites is 2. The van der Waals surface area contributed by atoms with Crippen molar-refractivity contribution in [2.24, 2.45) is 0 Å². The number of hydrogen-bond acceptors (Lipinski definition) is 6. The number of ether oxygens (including phenoxy) is 2. The second-order valence-corrected chi connectivity index (χ2v) is 4.37. The van der Waals surface area contributed by atoms with E-state index in [0.29, 0.717) is 26.2 Å². The maximum Gasteiger partial charge on any atom is 0.321 e. The Morgan fingerprint density at radius 1 is 1.30 bits per heavy atom. The van der Waals surface area contributed by atoms with Gasteiger partial charge < -0.3 is 14.8 Å². The van der Waals surface area contributed by atoms with Gasteiger partial charge in [0.1, 0.15) is 0 Å². The van der Waals surface area contributed by atoms with Crippen molar-refractivity contribution in [2.45, 2.75) is 13.3 Å². The Morgan fingerprint density at radius 3 is 2.74 bits per heavy atom. The Labute approximate surface area is 133 Å². The van der Waals surface area contributed by atoms with Crippen molar-refractivity contribution in [3.8, 4) is 5.75 Å². The van der Waals surface area contributed by atoms with Crippen LogP contribution in [-0.4, -0.2) is 43.2 Å². The van der Waals surface area contributed by atoms with E-state index in [2.05, 4.69) is 10.6 Å². The summed E-state index contributed by atoms with van der Waals surface area (Å²) in [4.78, 5) is 33.2. The Hall–Kier alpha value is -2.68. The summed E-state index contributed by atoms with van der Waals surface area (Å²) in [6.45, 7) is 2.86. The lowest BCUT2D eigenvalue weighted by molar-refractivity contribution is -0.385. The fraction of sp³-hybridized carbons (Fsp3) is 0.429. The second kappa shape index (κ2) is 10.1. The fourth-order valence-corrected chi connectivity index (χ4v) is 1.60. The zero-order valence-electron chi connectivity index (χ0n) is 12.7. The molecule has 9 nitrogen and oxygen atoms in total. The number of carbonyl (C=O) groups excluding carboxylic acids is 2. The fourth-order valence-electron chi connectivity index (χ4n) is 1.60. The van der Waals surface area contributed by atoms with Crippen LogP contribution in [0.5, 0.6) is 5.75 Å². The third kappa shape index (κ3) is 7.23. The molecule has 0 bridgehead atoms. The van der Waals surface area contributed by atoms with Gasteiger partial charge in [-0.1, -0.05) is 12.1 Å². The van der Waals surface area contributed by atoms with Crippen molar-refractivity contribution < 1.29 is 24.0 Å². The molecule has 0 heterocycles.